The molecule has 15 rings (SSSR count). The quantitative estimate of drug-likeness (QED) is 0.180. The van der Waals surface area contributed by atoms with E-state index in [0.29, 0.717) is 43.1 Å². The zero-order valence-corrected chi connectivity index (χ0v) is 47.5. The normalized spacial score (nSPS) is 28.4. The van der Waals surface area contributed by atoms with Gasteiger partial charge in [0.25, 0.3) is 0 Å². The van der Waals surface area contributed by atoms with Crippen LogP contribution < -0.4 is 20.3 Å². The van der Waals surface area contributed by atoms with Gasteiger partial charge in [-0.3, -0.25) is 4.90 Å². The molecule has 0 radical (unpaired) electrons. The topological polar surface area (TPSA) is 111 Å². The standard InChI is InChI=1S/C29H33F2N3O4.C19H25FN2O.C17H23FN2O/c1-2-37-28(36)34-21-6-7-22(34)17-23(16-21)32-13-11-29(12-14-32)18-33(26-10-5-20(31)15-25(26)29)27(35)38-24-8-3-19(30)4-9-24;20-14-1-3-17-16(10-14)19(12-21-17)5-7-22(8-6-19)11-13-9-15-2-4-18(13)23-15;18-13-1-2-16-15(11-13)17(12-19-16)5-7-20(8-6-17)14-3-9-21-10-4-14/h3-5,8-10,15,21-23H,2,6-7,11-14,16-18H2,1H3;1,3,10,13,15,18,21H,2,4-9,11-12H2;1-2,11,14,19H,3-10,12H2/t;13-,15-,18+;/m.1./s1. The Morgan fingerprint density at radius 2 is 1.13 bits per heavy atom. The van der Waals surface area contributed by atoms with Crippen molar-refractivity contribution < 1.29 is 46.1 Å². The Labute approximate surface area is 480 Å². The van der Waals surface area contributed by atoms with E-state index in [-0.39, 0.29) is 57.6 Å². The molecule has 11 heterocycles. The Bertz CT molecular complexity index is 2930. The van der Waals surface area contributed by atoms with Crippen molar-refractivity contribution in [2.45, 2.75) is 156 Å². The molecule has 4 bridgehead atoms. The Hall–Kier alpha value is -5.46. The molecule has 2 unspecified atom stereocenters. The van der Waals surface area contributed by atoms with Crippen molar-refractivity contribution >= 4 is 29.2 Å². The van der Waals surface area contributed by atoms with Gasteiger partial charge < -0.3 is 49.2 Å². The molecular formula is C65H81F4N7O6. The van der Waals surface area contributed by atoms with Crippen molar-refractivity contribution in [2.75, 3.05) is 101 Å². The van der Waals surface area contributed by atoms with Gasteiger partial charge in [-0.1, -0.05) is 0 Å². The number of hydrogen-bond donors (Lipinski definition) is 2. The summed E-state index contributed by atoms with van der Waals surface area (Å²) in [5.74, 6) is 0.0743. The van der Waals surface area contributed by atoms with Crippen LogP contribution in [0, 0.1) is 29.2 Å². The van der Waals surface area contributed by atoms with Crippen LogP contribution in [0.4, 0.5) is 44.2 Å². The number of piperidine rings is 4. The molecule has 82 heavy (non-hydrogen) atoms. The second-order valence-electron chi connectivity index (χ2n) is 25.7. The van der Waals surface area contributed by atoms with Gasteiger partial charge in [-0.05, 0) is 238 Å². The molecule has 440 valence electrons. The van der Waals surface area contributed by atoms with E-state index in [2.05, 4.69) is 25.3 Å². The molecule has 0 saturated carbocycles. The number of anilines is 3. The summed E-state index contributed by atoms with van der Waals surface area (Å²) >= 11 is 0. The van der Waals surface area contributed by atoms with Crippen LogP contribution in [0.3, 0.4) is 0 Å². The molecule has 4 aromatic carbocycles. The molecule has 11 aliphatic heterocycles. The Kier molecular flexibility index (Phi) is 15.8. The van der Waals surface area contributed by atoms with E-state index in [1.165, 1.54) is 67.3 Å². The van der Waals surface area contributed by atoms with E-state index >= 15 is 0 Å². The lowest BCUT2D eigenvalue weighted by molar-refractivity contribution is 0.0187. The number of carbonyl (C=O) groups is 2. The number of hydrogen-bond acceptors (Lipinski definition) is 11. The molecule has 4 aromatic rings. The summed E-state index contributed by atoms with van der Waals surface area (Å²) < 4.78 is 77.3. The van der Waals surface area contributed by atoms with Crippen LogP contribution in [0.15, 0.2) is 78.9 Å². The predicted octanol–water partition coefficient (Wildman–Crippen LogP) is 11.4. The Morgan fingerprint density at radius 1 is 0.585 bits per heavy atom. The van der Waals surface area contributed by atoms with Crippen molar-refractivity contribution in [1.29, 1.82) is 0 Å². The summed E-state index contributed by atoms with van der Waals surface area (Å²) in [6, 6.07) is 21.9. The maximum Gasteiger partial charge on any atom is 0.419 e. The number of likely N-dealkylation sites (tertiary alicyclic amines) is 3. The van der Waals surface area contributed by atoms with Crippen molar-refractivity contribution in [2.24, 2.45) is 5.92 Å². The highest BCUT2D eigenvalue weighted by Gasteiger charge is 2.51. The van der Waals surface area contributed by atoms with Gasteiger partial charge in [-0.2, -0.15) is 0 Å². The van der Waals surface area contributed by atoms with E-state index in [1.807, 2.05) is 24.0 Å². The van der Waals surface area contributed by atoms with Crippen LogP contribution in [-0.2, 0) is 30.5 Å². The summed E-state index contributed by atoms with van der Waals surface area (Å²) in [6.45, 7) is 13.8. The largest absolute Gasteiger partial charge is 0.450 e. The van der Waals surface area contributed by atoms with Crippen LogP contribution in [-0.4, -0.2) is 153 Å². The average molecular weight is 1130 g/mol. The lowest BCUT2D eigenvalue weighted by Gasteiger charge is -2.47. The molecule has 8 fully saturated rings. The van der Waals surface area contributed by atoms with Crippen LogP contribution in [0.1, 0.15) is 120 Å². The SMILES string of the molecule is CCOC(=O)N1C2CCC1CC(N1CCC3(CC1)CN(C(=O)Oc1ccc(F)cc1)c1ccc(F)cc13)C2.Fc1ccc2c(c1)C1(CCN(C3CCOCC3)CC1)CN2.Fc1ccc2c(c1)C1(CCN(C[C@H]3C[C@H]4CC[C@@H]3O4)CC1)CN2. The minimum absolute atomic E-state index is 0.103. The first kappa shape index (κ1) is 55.7. The van der Waals surface area contributed by atoms with E-state index < -0.39 is 11.9 Å². The number of nitrogens with one attached hydrogen (secondary N) is 2. The molecule has 2 amide bonds. The number of ether oxygens (including phenoxy) is 4. The lowest BCUT2D eigenvalue weighted by Crippen LogP contribution is -2.55. The summed E-state index contributed by atoms with van der Waals surface area (Å²) in [7, 11) is 0. The third-order valence-corrected chi connectivity index (χ3v) is 21.3. The fraction of sp³-hybridized carbons (Fsp3) is 0.600. The highest BCUT2D eigenvalue weighted by atomic mass is 19.1. The van der Waals surface area contributed by atoms with E-state index in [4.69, 9.17) is 18.9 Å². The van der Waals surface area contributed by atoms with E-state index in [1.54, 1.807) is 41.3 Å². The third-order valence-electron chi connectivity index (χ3n) is 21.3. The van der Waals surface area contributed by atoms with Crippen molar-refractivity contribution in [3.8, 4) is 5.75 Å². The second kappa shape index (κ2) is 23.2. The third kappa shape index (κ3) is 11.0. The van der Waals surface area contributed by atoms with Crippen LogP contribution in [0.5, 0.6) is 5.75 Å². The zero-order valence-electron chi connectivity index (χ0n) is 47.5. The van der Waals surface area contributed by atoms with Gasteiger partial charge in [0.2, 0.25) is 0 Å². The fourth-order valence-electron chi connectivity index (χ4n) is 16.8. The molecule has 8 saturated heterocycles. The van der Waals surface area contributed by atoms with Crippen molar-refractivity contribution in [1.82, 2.24) is 19.6 Å². The number of amides is 2. The summed E-state index contributed by atoms with van der Waals surface area (Å²) in [6.07, 6.45) is 16.6. The maximum absolute atomic E-state index is 14.4. The van der Waals surface area contributed by atoms with Crippen molar-refractivity contribution in [3.63, 3.8) is 0 Å². The Morgan fingerprint density at radius 3 is 1.71 bits per heavy atom. The number of benzene rings is 4. The van der Waals surface area contributed by atoms with Gasteiger partial charge in [0.15, 0.2) is 0 Å². The van der Waals surface area contributed by atoms with Crippen LogP contribution >= 0.6 is 0 Å². The maximum atomic E-state index is 14.4. The summed E-state index contributed by atoms with van der Waals surface area (Å²) in [4.78, 5) is 37.0. The van der Waals surface area contributed by atoms with Gasteiger partial charge in [-0.15, -0.1) is 0 Å². The molecule has 5 atom stereocenters. The number of halogens is 4. The lowest BCUT2D eigenvalue weighted by atomic mass is 9.73. The highest BCUT2D eigenvalue weighted by molar-refractivity contribution is 5.93. The minimum atomic E-state index is -0.549. The smallest absolute Gasteiger partial charge is 0.419 e. The van der Waals surface area contributed by atoms with Gasteiger partial charge in [0, 0.05) is 97.1 Å². The number of rotatable bonds is 6. The van der Waals surface area contributed by atoms with Gasteiger partial charge in [0.05, 0.1) is 24.5 Å². The molecule has 3 spiro atoms. The fourth-order valence-corrected chi connectivity index (χ4v) is 16.8. The van der Waals surface area contributed by atoms with E-state index in [0.717, 1.165) is 165 Å². The van der Waals surface area contributed by atoms with Crippen LogP contribution in [0.25, 0.3) is 0 Å². The first-order valence-electron chi connectivity index (χ1n) is 30.9. The molecule has 17 heteroatoms. The molecule has 13 nitrogen and oxygen atoms in total. The molecule has 11 aliphatic rings. The average Bonchev–Trinajstić information content (AvgIpc) is 3.08. The predicted molar refractivity (Wildman–Crippen MR) is 307 cm³/mol. The molecule has 0 aliphatic carbocycles. The molecular weight excluding hydrogens is 1050 g/mol. The monoisotopic (exact) mass is 1130 g/mol. The van der Waals surface area contributed by atoms with Crippen molar-refractivity contribution in [3.05, 3.63) is 119 Å². The highest BCUT2D eigenvalue weighted by Crippen LogP contribution is 2.50. The van der Waals surface area contributed by atoms with Gasteiger partial charge in [0.1, 0.15) is 29.0 Å². The number of carbonyl (C=O) groups excluding carboxylic acids is 2. The van der Waals surface area contributed by atoms with E-state index in [9.17, 15) is 27.2 Å². The zero-order chi connectivity index (χ0) is 56.2. The van der Waals surface area contributed by atoms with Gasteiger partial charge >= 0.3 is 12.2 Å². The molecule has 2 N–H and O–H groups in total. The first-order valence-corrected chi connectivity index (χ1v) is 30.9. The molecule has 0 aromatic heterocycles. The summed E-state index contributed by atoms with van der Waals surface area (Å²) in [5, 5.41) is 6.97. The van der Waals surface area contributed by atoms with Crippen LogP contribution in [0.2, 0.25) is 0 Å². The Balaban J connectivity index is 0.000000123. The summed E-state index contributed by atoms with van der Waals surface area (Å²) in [5.41, 5.74) is 6.17. The number of nitrogens with zero attached hydrogens (tertiary/aromatic N) is 5. The second-order valence-corrected chi connectivity index (χ2v) is 25.7. The van der Waals surface area contributed by atoms with Gasteiger partial charge in [-0.25, -0.2) is 27.2 Å². The first-order chi connectivity index (χ1) is 39.8. The minimum Gasteiger partial charge on any atom is -0.450 e. The number of fused-ring (bicyclic) bond motifs is 10.